The molecule has 0 bridgehead atoms. The van der Waals surface area contributed by atoms with Crippen molar-refractivity contribution < 1.29 is 4.79 Å². The third-order valence-corrected chi connectivity index (χ3v) is 3.77. The number of fused-ring (bicyclic) bond motifs is 1. The second-order valence-corrected chi connectivity index (χ2v) is 5.65. The Morgan fingerprint density at radius 2 is 2.12 bits per heavy atom. The summed E-state index contributed by atoms with van der Waals surface area (Å²) in [6.45, 7) is 2.80. The topological polar surface area (TPSA) is 82.7 Å². The number of nitrogens with one attached hydrogen (secondary N) is 3. The third-order valence-electron chi connectivity index (χ3n) is 3.77. The highest BCUT2D eigenvalue weighted by atomic mass is 16.2. The molecule has 3 N–H and O–H groups in total. The molecular formula is C18H21N5O. The highest BCUT2D eigenvalue weighted by Gasteiger charge is 2.07. The van der Waals surface area contributed by atoms with Crippen LogP contribution in [0.4, 0.5) is 10.7 Å². The Balaban J connectivity index is 1.69. The van der Waals surface area contributed by atoms with E-state index >= 15 is 0 Å². The average molecular weight is 323 g/mol. The van der Waals surface area contributed by atoms with E-state index < -0.39 is 0 Å². The van der Waals surface area contributed by atoms with Crippen LogP contribution in [0.5, 0.6) is 0 Å². The van der Waals surface area contributed by atoms with Crippen molar-refractivity contribution in [2.24, 2.45) is 0 Å². The number of carbonyl (C=O) groups is 1. The minimum Gasteiger partial charge on any atom is -0.338 e. The highest BCUT2D eigenvalue weighted by Crippen LogP contribution is 2.23. The number of benzene rings is 1. The zero-order chi connectivity index (χ0) is 16.8. The zero-order valence-electron chi connectivity index (χ0n) is 13.7. The van der Waals surface area contributed by atoms with Gasteiger partial charge in [-0.1, -0.05) is 31.9 Å². The molecule has 0 atom stereocenters. The molecule has 2 heterocycles. The number of carbonyl (C=O) groups excluding carboxylic acids is 1. The Kier molecular flexibility index (Phi) is 5.05. The molecule has 0 saturated heterocycles. The van der Waals surface area contributed by atoms with E-state index in [2.05, 4.69) is 32.5 Å². The number of amides is 2. The number of anilines is 1. The van der Waals surface area contributed by atoms with Crippen LogP contribution in [0.25, 0.3) is 22.2 Å². The van der Waals surface area contributed by atoms with Gasteiger partial charge in [0, 0.05) is 24.5 Å². The Labute approximate surface area is 140 Å². The van der Waals surface area contributed by atoms with Gasteiger partial charge in [-0.2, -0.15) is 0 Å². The number of unbranched alkanes of at least 4 members (excludes halogenated alkanes) is 2. The van der Waals surface area contributed by atoms with Crippen molar-refractivity contribution in [2.45, 2.75) is 26.2 Å². The summed E-state index contributed by atoms with van der Waals surface area (Å²) in [5.74, 6) is 0.446. The van der Waals surface area contributed by atoms with Gasteiger partial charge in [-0.05, 0) is 30.2 Å². The fourth-order valence-corrected chi connectivity index (χ4v) is 2.51. The number of imidazole rings is 1. The second kappa shape index (κ2) is 7.59. The molecule has 3 rings (SSSR count). The van der Waals surface area contributed by atoms with Crippen LogP contribution in [0.15, 0.2) is 42.7 Å². The van der Waals surface area contributed by atoms with Crippen LogP contribution in [-0.2, 0) is 0 Å². The minimum atomic E-state index is -0.238. The van der Waals surface area contributed by atoms with E-state index in [9.17, 15) is 4.79 Å². The van der Waals surface area contributed by atoms with E-state index in [1.165, 1.54) is 0 Å². The number of urea groups is 1. The molecule has 0 aliphatic carbocycles. The monoisotopic (exact) mass is 323 g/mol. The fourth-order valence-electron chi connectivity index (χ4n) is 2.51. The predicted octanol–water partition coefficient (Wildman–Crippen LogP) is 3.94. The number of hydrogen-bond donors (Lipinski definition) is 3. The van der Waals surface area contributed by atoms with Crippen molar-refractivity contribution in [3.05, 3.63) is 42.7 Å². The van der Waals surface area contributed by atoms with E-state index in [4.69, 9.17) is 0 Å². The summed E-state index contributed by atoms with van der Waals surface area (Å²) in [6.07, 6.45) is 6.80. The van der Waals surface area contributed by atoms with Crippen molar-refractivity contribution in [1.29, 1.82) is 0 Å². The van der Waals surface area contributed by atoms with Crippen molar-refractivity contribution in [3.8, 4) is 11.1 Å². The van der Waals surface area contributed by atoms with E-state index in [-0.39, 0.29) is 6.03 Å². The largest absolute Gasteiger partial charge is 0.338 e. The molecule has 2 amide bonds. The molecule has 124 valence electrons. The maximum absolute atomic E-state index is 11.9. The van der Waals surface area contributed by atoms with E-state index in [0.29, 0.717) is 12.5 Å². The van der Waals surface area contributed by atoms with Gasteiger partial charge in [-0.15, -0.1) is 0 Å². The number of aromatic amines is 1. The fraction of sp³-hybridized carbons (Fsp3) is 0.278. The van der Waals surface area contributed by atoms with Crippen LogP contribution < -0.4 is 10.6 Å². The van der Waals surface area contributed by atoms with Crippen LogP contribution in [0, 0.1) is 0 Å². The first-order valence-corrected chi connectivity index (χ1v) is 8.21. The normalized spacial score (nSPS) is 10.7. The molecule has 3 aromatic rings. The molecule has 0 aliphatic rings. The van der Waals surface area contributed by atoms with Gasteiger partial charge >= 0.3 is 6.03 Å². The zero-order valence-corrected chi connectivity index (χ0v) is 13.7. The SMILES string of the molecule is CCCCCNC(=O)Nc1nc2ccc(-c3cccnc3)cc2[nH]1. The number of pyridine rings is 1. The number of H-pyrrole nitrogens is 1. The molecule has 1 aromatic carbocycles. The molecule has 6 heteroatoms. The van der Waals surface area contributed by atoms with Crippen LogP contribution >= 0.6 is 0 Å². The lowest BCUT2D eigenvalue weighted by molar-refractivity contribution is 0.251. The van der Waals surface area contributed by atoms with Gasteiger partial charge in [-0.3, -0.25) is 10.3 Å². The van der Waals surface area contributed by atoms with Gasteiger partial charge in [-0.25, -0.2) is 9.78 Å². The molecule has 0 radical (unpaired) electrons. The lowest BCUT2D eigenvalue weighted by Gasteiger charge is -2.04. The van der Waals surface area contributed by atoms with Gasteiger partial charge in [0.25, 0.3) is 0 Å². The van der Waals surface area contributed by atoms with Crippen LogP contribution in [0.3, 0.4) is 0 Å². The summed E-state index contributed by atoms with van der Waals surface area (Å²) in [4.78, 5) is 23.5. The molecule has 0 spiro atoms. The first kappa shape index (κ1) is 16.0. The smallest absolute Gasteiger partial charge is 0.321 e. The van der Waals surface area contributed by atoms with Gasteiger partial charge in [0.2, 0.25) is 5.95 Å². The predicted molar refractivity (Wildman–Crippen MR) is 95.9 cm³/mol. The van der Waals surface area contributed by atoms with Crippen molar-refractivity contribution >= 4 is 23.0 Å². The lowest BCUT2D eigenvalue weighted by Crippen LogP contribution is -2.29. The number of aromatic nitrogens is 3. The van der Waals surface area contributed by atoms with E-state index in [1.807, 2.05) is 36.5 Å². The summed E-state index contributed by atoms with van der Waals surface area (Å²) in [6, 6.07) is 9.60. The van der Waals surface area contributed by atoms with Crippen molar-refractivity contribution in [2.75, 3.05) is 11.9 Å². The molecule has 0 fully saturated rings. The Bertz CT molecular complexity index is 813. The maximum atomic E-state index is 11.9. The van der Waals surface area contributed by atoms with Crippen LogP contribution in [0.2, 0.25) is 0 Å². The number of hydrogen-bond acceptors (Lipinski definition) is 3. The standard InChI is InChI=1S/C18H21N5O/c1-2-3-4-10-20-18(24)23-17-21-15-8-7-13(11-16(15)22-17)14-6-5-9-19-12-14/h5-9,11-12H,2-4,10H2,1H3,(H3,20,21,22,23,24). The Hall–Kier alpha value is -2.89. The van der Waals surface area contributed by atoms with Crippen molar-refractivity contribution in [1.82, 2.24) is 20.3 Å². The molecule has 0 unspecified atom stereocenters. The molecular weight excluding hydrogens is 302 g/mol. The van der Waals surface area contributed by atoms with Gasteiger partial charge in [0.05, 0.1) is 11.0 Å². The first-order chi connectivity index (χ1) is 11.8. The quantitative estimate of drug-likeness (QED) is 0.601. The second-order valence-electron chi connectivity index (χ2n) is 5.65. The Morgan fingerprint density at radius 3 is 2.92 bits per heavy atom. The number of rotatable bonds is 6. The molecule has 2 aromatic heterocycles. The first-order valence-electron chi connectivity index (χ1n) is 8.21. The van der Waals surface area contributed by atoms with Gasteiger partial charge in [0.15, 0.2) is 0 Å². The summed E-state index contributed by atoms with van der Waals surface area (Å²) in [5, 5.41) is 5.57. The summed E-state index contributed by atoms with van der Waals surface area (Å²) in [5.41, 5.74) is 3.77. The highest BCUT2D eigenvalue weighted by molar-refractivity contribution is 5.90. The van der Waals surface area contributed by atoms with Crippen molar-refractivity contribution in [3.63, 3.8) is 0 Å². The van der Waals surface area contributed by atoms with E-state index in [1.54, 1.807) is 6.20 Å². The summed E-state index contributed by atoms with van der Waals surface area (Å²) < 4.78 is 0. The Morgan fingerprint density at radius 1 is 1.21 bits per heavy atom. The average Bonchev–Trinajstić information content (AvgIpc) is 3.00. The van der Waals surface area contributed by atoms with Crippen LogP contribution in [-0.4, -0.2) is 27.5 Å². The summed E-state index contributed by atoms with van der Waals surface area (Å²) in [7, 11) is 0. The molecule has 0 saturated carbocycles. The molecule has 24 heavy (non-hydrogen) atoms. The maximum Gasteiger partial charge on any atom is 0.321 e. The van der Waals surface area contributed by atoms with E-state index in [0.717, 1.165) is 41.4 Å². The third kappa shape index (κ3) is 3.90. The molecule has 0 aliphatic heterocycles. The number of nitrogens with zero attached hydrogens (tertiary/aromatic N) is 2. The van der Waals surface area contributed by atoms with Gasteiger partial charge < -0.3 is 10.3 Å². The van der Waals surface area contributed by atoms with Crippen LogP contribution in [0.1, 0.15) is 26.2 Å². The van der Waals surface area contributed by atoms with Gasteiger partial charge in [0.1, 0.15) is 0 Å². The minimum absolute atomic E-state index is 0.238. The lowest BCUT2D eigenvalue weighted by atomic mass is 10.1. The summed E-state index contributed by atoms with van der Waals surface area (Å²) >= 11 is 0. The molecule has 6 nitrogen and oxygen atoms in total.